The summed E-state index contributed by atoms with van der Waals surface area (Å²) in [6.07, 6.45) is 0. The first-order chi connectivity index (χ1) is 9.65. The average molecular weight is 333 g/mol. The smallest absolute Gasteiger partial charge is 0.230 e. The molecule has 0 unspecified atom stereocenters. The van der Waals surface area contributed by atoms with Crippen molar-refractivity contribution in [1.29, 1.82) is 0 Å². The second-order valence-corrected chi connectivity index (χ2v) is 5.21. The van der Waals surface area contributed by atoms with Crippen LogP contribution in [-0.2, 0) is 0 Å². The fourth-order valence-electron chi connectivity index (χ4n) is 2.07. The van der Waals surface area contributed by atoms with Crippen LogP contribution in [0.4, 0.5) is 10.3 Å². The molecule has 0 aliphatic carbocycles. The Morgan fingerprint density at radius 1 is 1.05 bits per heavy atom. The highest BCUT2D eigenvalue weighted by Crippen LogP contribution is 2.37. The van der Waals surface area contributed by atoms with Gasteiger partial charge < -0.3 is 10.3 Å². The number of aromatic nitrogens is 1. The van der Waals surface area contributed by atoms with Crippen molar-refractivity contribution in [2.24, 2.45) is 0 Å². The number of anilines is 1. The van der Waals surface area contributed by atoms with Crippen LogP contribution >= 0.6 is 15.9 Å². The van der Waals surface area contributed by atoms with Crippen molar-refractivity contribution in [3.05, 3.63) is 58.8 Å². The molecule has 3 aromatic rings. The normalized spacial score (nSPS) is 10.7. The summed E-state index contributed by atoms with van der Waals surface area (Å²) in [6.45, 7) is 0. The number of rotatable bonds is 2. The lowest BCUT2D eigenvalue weighted by atomic mass is 10.0. The van der Waals surface area contributed by atoms with Crippen LogP contribution in [0.25, 0.3) is 22.4 Å². The van der Waals surface area contributed by atoms with Crippen LogP contribution in [0.3, 0.4) is 0 Å². The predicted molar refractivity (Wildman–Crippen MR) is 79.4 cm³/mol. The van der Waals surface area contributed by atoms with E-state index in [4.69, 9.17) is 10.3 Å². The van der Waals surface area contributed by atoms with E-state index in [-0.39, 0.29) is 11.7 Å². The molecule has 2 aromatic carbocycles. The number of nitrogens with two attached hydrogens (primary N) is 1. The van der Waals surface area contributed by atoms with Crippen molar-refractivity contribution in [2.45, 2.75) is 0 Å². The van der Waals surface area contributed by atoms with Crippen LogP contribution in [-0.4, -0.2) is 5.16 Å². The summed E-state index contributed by atoms with van der Waals surface area (Å²) in [6, 6.07) is 14.1. The molecule has 3 nitrogen and oxygen atoms in total. The zero-order valence-electron chi connectivity index (χ0n) is 10.3. The molecule has 1 aromatic heterocycles. The van der Waals surface area contributed by atoms with Crippen molar-refractivity contribution < 1.29 is 8.91 Å². The Hall–Kier alpha value is -2.14. The van der Waals surface area contributed by atoms with Gasteiger partial charge in [0.1, 0.15) is 11.5 Å². The van der Waals surface area contributed by atoms with Gasteiger partial charge in [-0.3, -0.25) is 0 Å². The Kier molecular flexibility index (Phi) is 3.28. The summed E-state index contributed by atoms with van der Waals surface area (Å²) in [5.41, 5.74) is 8.53. The molecule has 0 atom stereocenters. The van der Waals surface area contributed by atoms with Crippen LogP contribution in [0.1, 0.15) is 0 Å². The monoisotopic (exact) mass is 332 g/mol. The number of benzene rings is 2. The van der Waals surface area contributed by atoms with Gasteiger partial charge in [0.2, 0.25) is 5.88 Å². The topological polar surface area (TPSA) is 52.0 Å². The average Bonchev–Trinajstić information content (AvgIpc) is 2.80. The highest BCUT2D eigenvalue weighted by atomic mass is 79.9. The third-order valence-corrected chi connectivity index (χ3v) is 3.37. The maximum Gasteiger partial charge on any atom is 0.230 e. The second-order valence-electron chi connectivity index (χ2n) is 4.29. The lowest BCUT2D eigenvalue weighted by Crippen LogP contribution is -1.88. The number of hydrogen-bond donors (Lipinski definition) is 1. The minimum atomic E-state index is -0.352. The van der Waals surface area contributed by atoms with Crippen LogP contribution in [0.15, 0.2) is 57.5 Å². The molecule has 0 saturated heterocycles. The molecule has 0 fully saturated rings. The van der Waals surface area contributed by atoms with Crippen molar-refractivity contribution in [3.63, 3.8) is 0 Å². The summed E-state index contributed by atoms with van der Waals surface area (Å²) >= 11 is 3.27. The van der Waals surface area contributed by atoms with Crippen LogP contribution in [0, 0.1) is 5.82 Å². The first-order valence-electron chi connectivity index (χ1n) is 5.92. The molecule has 0 radical (unpaired) electrons. The molecule has 0 amide bonds. The number of hydrogen-bond acceptors (Lipinski definition) is 3. The number of nitrogens with zero attached hydrogens (tertiary/aromatic N) is 1. The van der Waals surface area contributed by atoms with E-state index in [2.05, 4.69) is 21.1 Å². The van der Waals surface area contributed by atoms with E-state index in [0.717, 1.165) is 5.56 Å². The van der Waals surface area contributed by atoms with Crippen molar-refractivity contribution in [1.82, 2.24) is 5.16 Å². The van der Waals surface area contributed by atoms with Crippen LogP contribution in [0.5, 0.6) is 0 Å². The Labute approximate surface area is 123 Å². The largest absolute Gasteiger partial charge is 0.367 e. The first kappa shape index (κ1) is 12.9. The molecule has 0 spiro atoms. The van der Waals surface area contributed by atoms with Crippen molar-refractivity contribution in [3.8, 4) is 22.4 Å². The molecule has 3 rings (SSSR count). The summed E-state index contributed by atoms with van der Waals surface area (Å²) in [7, 11) is 0. The van der Waals surface area contributed by atoms with E-state index in [1.165, 1.54) is 12.1 Å². The molecular weight excluding hydrogens is 323 g/mol. The molecule has 2 N–H and O–H groups in total. The first-order valence-corrected chi connectivity index (χ1v) is 6.71. The second kappa shape index (κ2) is 5.09. The summed E-state index contributed by atoms with van der Waals surface area (Å²) in [5, 5.41) is 3.96. The highest BCUT2D eigenvalue weighted by Gasteiger charge is 2.18. The van der Waals surface area contributed by atoms with Gasteiger partial charge in [0.25, 0.3) is 0 Å². The zero-order valence-corrected chi connectivity index (χ0v) is 11.9. The zero-order chi connectivity index (χ0) is 14.1. The number of halogens is 2. The fourth-order valence-corrected chi connectivity index (χ4v) is 2.54. The molecule has 5 heteroatoms. The molecule has 0 aliphatic heterocycles. The standard InChI is InChI=1S/C15H10BrFN2O/c16-11-6-10(7-12(17)8-11)14-13(15(18)20-19-14)9-4-2-1-3-5-9/h1-8H,18H2. The van der Waals surface area contributed by atoms with E-state index in [0.29, 0.717) is 21.3 Å². The van der Waals surface area contributed by atoms with Gasteiger partial charge >= 0.3 is 0 Å². The Bertz CT molecular complexity index is 736. The van der Waals surface area contributed by atoms with Crippen molar-refractivity contribution >= 4 is 21.8 Å². The molecule has 0 bridgehead atoms. The number of nitrogen functional groups attached to an aromatic ring is 1. The SMILES string of the molecule is Nc1onc(-c2cc(F)cc(Br)c2)c1-c1ccccc1. The van der Waals surface area contributed by atoms with E-state index in [1.807, 2.05) is 30.3 Å². The molecular formula is C15H10BrFN2O. The van der Waals surface area contributed by atoms with Gasteiger partial charge in [0.05, 0.1) is 5.56 Å². The summed E-state index contributed by atoms with van der Waals surface area (Å²) < 4.78 is 19.2. The van der Waals surface area contributed by atoms with Gasteiger partial charge in [0.15, 0.2) is 0 Å². The van der Waals surface area contributed by atoms with E-state index in [1.54, 1.807) is 6.07 Å². The molecule has 0 saturated carbocycles. The maximum absolute atomic E-state index is 13.5. The predicted octanol–water partition coefficient (Wildman–Crippen LogP) is 4.49. The molecule has 0 aliphatic rings. The molecule has 100 valence electrons. The minimum absolute atomic E-state index is 0.214. The Morgan fingerprint density at radius 2 is 1.80 bits per heavy atom. The summed E-state index contributed by atoms with van der Waals surface area (Å²) in [4.78, 5) is 0. The lowest BCUT2D eigenvalue weighted by molar-refractivity contribution is 0.439. The van der Waals surface area contributed by atoms with Gasteiger partial charge in [-0.05, 0) is 23.8 Å². The van der Waals surface area contributed by atoms with Gasteiger partial charge in [-0.2, -0.15) is 0 Å². The third kappa shape index (κ3) is 2.32. The van der Waals surface area contributed by atoms with E-state index >= 15 is 0 Å². The van der Waals surface area contributed by atoms with Gasteiger partial charge in [-0.25, -0.2) is 4.39 Å². The minimum Gasteiger partial charge on any atom is -0.367 e. The third-order valence-electron chi connectivity index (χ3n) is 2.92. The summed E-state index contributed by atoms with van der Waals surface area (Å²) in [5.74, 6) is -0.137. The Balaban J connectivity index is 2.21. The van der Waals surface area contributed by atoms with E-state index < -0.39 is 0 Å². The Morgan fingerprint density at radius 3 is 2.50 bits per heavy atom. The van der Waals surface area contributed by atoms with Gasteiger partial charge in [-0.15, -0.1) is 0 Å². The van der Waals surface area contributed by atoms with Crippen LogP contribution < -0.4 is 5.73 Å². The quantitative estimate of drug-likeness (QED) is 0.752. The fraction of sp³-hybridized carbons (Fsp3) is 0. The lowest BCUT2D eigenvalue weighted by Gasteiger charge is -2.03. The maximum atomic E-state index is 13.5. The molecule has 1 heterocycles. The van der Waals surface area contributed by atoms with Crippen molar-refractivity contribution in [2.75, 3.05) is 5.73 Å². The highest BCUT2D eigenvalue weighted by molar-refractivity contribution is 9.10. The van der Waals surface area contributed by atoms with E-state index in [9.17, 15) is 4.39 Å². The van der Waals surface area contributed by atoms with Gasteiger partial charge in [0, 0.05) is 10.0 Å². The van der Waals surface area contributed by atoms with Crippen LogP contribution in [0.2, 0.25) is 0 Å². The van der Waals surface area contributed by atoms with Gasteiger partial charge in [-0.1, -0.05) is 51.4 Å². The molecule has 20 heavy (non-hydrogen) atoms.